The zero-order valence-electron chi connectivity index (χ0n) is 5.26. The number of fused-ring (bicyclic) bond motifs is 1. The molecular formula is C6H12ClNO. The van der Waals surface area contributed by atoms with Crippen LogP contribution in [-0.2, 0) is 0 Å². The number of hydrogen-bond donors (Lipinski definition) is 2. The topological polar surface area (TPSA) is 46.2 Å². The fraction of sp³-hybridized carbons (Fsp3) is 1.00. The Morgan fingerprint density at radius 1 is 1.22 bits per heavy atom. The summed E-state index contributed by atoms with van der Waals surface area (Å²) in [7, 11) is 0. The van der Waals surface area contributed by atoms with Gasteiger partial charge in [-0.15, -0.1) is 12.4 Å². The molecule has 3 rings (SSSR count). The molecule has 3 heteroatoms. The number of halogens is 1. The summed E-state index contributed by atoms with van der Waals surface area (Å²) in [6, 6.07) is 0. The van der Waals surface area contributed by atoms with E-state index in [-0.39, 0.29) is 23.5 Å². The second-order valence-electron chi connectivity index (χ2n) is 3.44. The predicted molar refractivity (Wildman–Crippen MR) is 37.6 cm³/mol. The molecule has 0 aromatic heterocycles. The van der Waals surface area contributed by atoms with Crippen LogP contribution in [0.25, 0.3) is 0 Å². The lowest BCUT2D eigenvalue weighted by molar-refractivity contribution is -0.0312. The van der Waals surface area contributed by atoms with E-state index in [0.29, 0.717) is 0 Å². The van der Waals surface area contributed by atoms with Crippen molar-refractivity contribution in [3.05, 3.63) is 0 Å². The van der Waals surface area contributed by atoms with Crippen LogP contribution >= 0.6 is 12.4 Å². The van der Waals surface area contributed by atoms with Gasteiger partial charge >= 0.3 is 0 Å². The predicted octanol–water partition coefficient (Wildman–Crippen LogP) is 0.424. The van der Waals surface area contributed by atoms with E-state index in [9.17, 15) is 5.11 Å². The third-order valence-corrected chi connectivity index (χ3v) is 2.45. The van der Waals surface area contributed by atoms with E-state index in [2.05, 4.69) is 0 Å². The molecule has 3 aliphatic carbocycles. The van der Waals surface area contributed by atoms with Crippen molar-refractivity contribution < 1.29 is 5.11 Å². The second kappa shape index (κ2) is 1.62. The van der Waals surface area contributed by atoms with Crippen LogP contribution in [0.15, 0.2) is 0 Å². The van der Waals surface area contributed by atoms with Crippen molar-refractivity contribution in [1.82, 2.24) is 0 Å². The average Bonchev–Trinajstić information content (AvgIpc) is 1.88. The lowest BCUT2D eigenvalue weighted by Gasteiger charge is -2.40. The first-order valence-corrected chi connectivity index (χ1v) is 3.13. The summed E-state index contributed by atoms with van der Waals surface area (Å²) in [5.41, 5.74) is 5.49. The molecule has 0 aromatic rings. The van der Waals surface area contributed by atoms with Gasteiger partial charge in [0, 0.05) is 5.54 Å². The highest BCUT2D eigenvalue weighted by molar-refractivity contribution is 5.85. The first-order chi connectivity index (χ1) is 3.62. The van der Waals surface area contributed by atoms with Crippen LogP contribution < -0.4 is 5.73 Å². The summed E-state index contributed by atoms with van der Waals surface area (Å²) in [4.78, 5) is 0. The molecule has 0 aliphatic heterocycles. The fourth-order valence-corrected chi connectivity index (χ4v) is 2.09. The third kappa shape index (κ3) is 0.858. The lowest BCUT2D eigenvalue weighted by atomic mass is 9.74. The van der Waals surface area contributed by atoms with E-state index < -0.39 is 0 Å². The monoisotopic (exact) mass is 149 g/mol. The van der Waals surface area contributed by atoms with Crippen molar-refractivity contribution >= 4 is 12.4 Å². The van der Waals surface area contributed by atoms with Gasteiger partial charge in [0.1, 0.15) is 0 Å². The van der Waals surface area contributed by atoms with Gasteiger partial charge in [-0.1, -0.05) is 0 Å². The highest BCUT2D eigenvalue weighted by Crippen LogP contribution is 2.53. The molecule has 54 valence electrons. The van der Waals surface area contributed by atoms with E-state index in [1.165, 1.54) is 0 Å². The first kappa shape index (κ1) is 7.32. The Balaban J connectivity index is 0.000000405. The number of rotatable bonds is 0. The third-order valence-electron chi connectivity index (χ3n) is 2.45. The van der Waals surface area contributed by atoms with E-state index in [4.69, 9.17) is 5.73 Å². The zero-order valence-corrected chi connectivity index (χ0v) is 6.08. The maximum Gasteiger partial charge on any atom is 0.0683 e. The van der Waals surface area contributed by atoms with Gasteiger partial charge in [0.15, 0.2) is 0 Å². The average molecular weight is 150 g/mol. The molecular weight excluding hydrogens is 138 g/mol. The molecule has 0 atom stereocenters. The molecule has 0 unspecified atom stereocenters. The van der Waals surface area contributed by atoms with Crippen molar-refractivity contribution in [2.45, 2.75) is 36.8 Å². The van der Waals surface area contributed by atoms with E-state index in [0.717, 1.165) is 25.7 Å². The molecule has 9 heavy (non-hydrogen) atoms. The fourth-order valence-electron chi connectivity index (χ4n) is 2.09. The molecule has 0 amide bonds. The summed E-state index contributed by atoms with van der Waals surface area (Å²) in [5.74, 6) is 0. The van der Waals surface area contributed by atoms with E-state index in [1.807, 2.05) is 0 Å². The van der Waals surface area contributed by atoms with Gasteiger partial charge in [0.05, 0.1) is 5.60 Å². The Kier molecular flexibility index (Phi) is 1.32. The Hall–Kier alpha value is 0.210. The summed E-state index contributed by atoms with van der Waals surface area (Å²) in [5, 5.41) is 9.35. The van der Waals surface area contributed by atoms with Crippen LogP contribution in [0.1, 0.15) is 25.7 Å². The van der Waals surface area contributed by atoms with Gasteiger partial charge in [-0.3, -0.25) is 0 Å². The number of nitrogens with two attached hydrogens (primary N) is 1. The first-order valence-electron chi connectivity index (χ1n) is 3.13. The Morgan fingerprint density at radius 2 is 1.78 bits per heavy atom. The highest BCUT2D eigenvalue weighted by atomic mass is 35.5. The van der Waals surface area contributed by atoms with Crippen LogP contribution in [0, 0.1) is 0 Å². The van der Waals surface area contributed by atoms with Gasteiger partial charge in [0.25, 0.3) is 0 Å². The maximum atomic E-state index is 9.35. The number of aliphatic hydroxyl groups is 1. The largest absolute Gasteiger partial charge is 0.390 e. The molecule has 3 saturated carbocycles. The molecule has 2 nitrogen and oxygen atoms in total. The van der Waals surface area contributed by atoms with Crippen LogP contribution in [0.3, 0.4) is 0 Å². The van der Waals surface area contributed by atoms with E-state index >= 15 is 0 Å². The van der Waals surface area contributed by atoms with Crippen molar-refractivity contribution in [3.8, 4) is 0 Å². The summed E-state index contributed by atoms with van der Waals surface area (Å²) in [6.07, 6.45) is 3.66. The molecule has 0 heterocycles. The second-order valence-corrected chi connectivity index (χ2v) is 3.44. The van der Waals surface area contributed by atoms with Crippen LogP contribution in [-0.4, -0.2) is 16.2 Å². The quantitative estimate of drug-likeness (QED) is 0.525. The Bertz CT molecular complexity index is 117. The highest BCUT2D eigenvalue weighted by Gasteiger charge is 2.57. The maximum absolute atomic E-state index is 9.35. The molecule has 3 fully saturated rings. The van der Waals surface area contributed by atoms with Crippen molar-refractivity contribution in [2.75, 3.05) is 0 Å². The van der Waals surface area contributed by atoms with Gasteiger partial charge in [-0.05, 0) is 25.7 Å². The van der Waals surface area contributed by atoms with Crippen LogP contribution in [0.4, 0.5) is 0 Å². The number of hydrogen-bond acceptors (Lipinski definition) is 2. The Labute approximate surface area is 60.8 Å². The van der Waals surface area contributed by atoms with Gasteiger partial charge < -0.3 is 10.8 Å². The minimum atomic E-state index is -0.325. The van der Waals surface area contributed by atoms with Gasteiger partial charge in [0.2, 0.25) is 0 Å². The molecule has 0 radical (unpaired) electrons. The minimum absolute atomic E-state index is 0. The molecule has 0 aromatic carbocycles. The molecule has 2 bridgehead atoms. The lowest BCUT2D eigenvalue weighted by Crippen LogP contribution is -2.53. The molecule has 0 spiro atoms. The minimum Gasteiger partial charge on any atom is -0.390 e. The van der Waals surface area contributed by atoms with Crippen LogP contribution in [0.5, 0.6) is 0 Å². The molecule has 3 N–H and O–H groups in total. The smallest absolute Gasteiger partial charge is 0.0683 e. The standard InChI is InChI=1S/C6H11NO.ClH/c7-5-1-2-6(8,3-5)4-5;/h8H,1-4,7H2;1H. The SMILES string of the molecule is Cl.NC12CCC(O)(C1)C2. The normalized spacial score (nSPS) is 54.0. The van der Waals surface area contributed by atoms with Crippen molar-refractivity contribution in [3.63, 3.8) is 0 Å². The molecule has 0 saturated heterocycles. The zero-order chi connectivity index (χ0) is 5.83. The van der Waals surface area contributed by atoms with Crippen molar-refractivity contribution in [1.29, 1.82) is 0 Å². The molecule has 3 aliphatic rings. The van der Waals surface area contributed by atoms with Gasteiger partial charge in [-0.2, -0.15) is 0 Å². The van der Waals surface area contributed by atoms with Gasteiger partial charge in [-0.25, -0.2) is 0 Å². The summed E-state index contributed by atoms with van der Waals surface area (Å²) < 4.78 is 0. The Morgan fingerprint density at radius 3 is 1.89 bits per heavy atom. The van der Waals surface area contributed by atoms with E-state index in [1.54, 1.807) is 0 Å². The summed E-state index contributed by atoms with van der Waals surface area (Å²) in [6.45, 7) is 0. The van der Waals surface area contributed by atoms with Crippen LogP contribution in [0.2, 0.25) is 0 Å². The van der Waals surface area contributed by atoms with Crippen molar-refractivity contribution in [2.24, 2.45) is 5.73 Å². The summed E-state index contributed by atoms with van der Waals surface area (Å²) >= 11 is 0.